The average molecular weight is 355 g/mol. The first-order valence-electron chi connectivity index (χ1n) is 9.63. The van der Waals surface area contributed by atoms with E-state index in [4.69, 9.17) is 0 Å². The van der Waals surface area contributed by atoms with E-state index in [1.807, 2.05) is 24.3 Å². The molecule has 0 fully saturated rings. The van der Waals surface area contributed by atoms with Gasteiger partial charge in [0.05, 0.1) is 0 Å². The zero-order valence-electron chi connectivity index (χ0n) is 17.6. The van der Waals surface area contributed by atoms with E-state index in [1.54, 1.807) is 0 Å². The first-order chi connectivity index (χ1) is 11.9. The summed E-state index contributed by atoms with van der Waals surface area (Å²) >= 11 is 0. The maximum Gasteiger partial charge on any atom is 0.116 e. The largest absolute Gasteiger partial charge is 0.508 e. The standard InChI is InChI=1S/C24H34O2/c1-9-17-19(11-15(25)13-21(17)23(3,4)5)20-12-16(26)14-22(18(20)10-2)24(6,7)8/h11-14,25-26H,9-10H2,1-8H3. The van der Waals surface area contributed by atoms with Crippen molar-refractivity contribution in [2.45, 2.75) is 79.1 Å². The predicted octanol–water partition coefficient (Wildman–Crippen LogP) is 6.48. The lowest BCUT2D eigenvalue weighted by atomic mass is 9.76. The summed E-state index contributed by atoms with van der Waals surface area (Å²) in [6.07, 6.45) is 1.76. The van der Waals surface area contributed by atoms with Crippen molar-refractivity contribution in [2.24, 2.45) is 0 Å². The van der Waals surface area contributed by atoms with E-state index in [1.165, 1.54) is 11.1 Å². The Morgan fingerprint density at radius 1 is 0.615 bits per heavy atom. The minimum atomic E-state index is -0.0606. The van der Waals surface area contributed by atoms with E-state index in [9.17, 15) is 10.2 Å². The molecule has 2 aromatic rings. The highest BCUT2D eigenvalue weighted by Gasteiger charge is 2.25. The summed E-state index contributed by atoms with van der Waals surface area (Å²) in [5, 5.41) is 20.9. The third-order valence-electron chi connectivity index (χ3n) is 5.08. The molecule has 2 aromatic carbocycles. The summed E-state index contributed by atoms with van der Waals surface area (Å²) in [6, 6.07) is 7.49. The van der Waals surface area contributed by atoms with Crippen LogP contribution < -0.4 is 0 Å². The van der Waals surface area contributed by atoms with Crippen molar-refractivity contribution in [3.63, 3.8) is 0 Å². The van der Waals surface area contributed by atoms with Gasteiger partial charge in [0.15, 0.2) is 0 Å². The van der Waals surface area contributed by atoms with Crippen molar-refractivity contribution >= 4 is 0 Å². The summed E-state index contributed by atoms with van der Waals surface area (Å²) in [7, 11) is 0. The van der Waals surface area contributed by atoms with Gasteiger partial charge in [0, 0.05) is 0 Å². The van der Waals surface area contributed by atoms with Crippen LogP contribution in [0.4, 0.5) is 0 Å². The molecule has 0 spiro atoms. The molecule has 2 N–H and O–H groups in total. The first-order valence-corrected chi connectivity index (χ1v) is 9.63. The Balaban J connectivity index is 2.93. The lowest BCUT2D eigenvalue weighted by molar-refractivity contribution is 0.469. The lowest BCUT2D eigenvalue weighted by Gasteiger charge is -2.28. The smallest absolute Gasteiger partial charge is 0.116 e. The normalized spacial score (nSPS) is 12.5. The van der Waals surface area contributed by atoms with E-state index >= 15 is 0 Å². The molecule has 142 valence electrons. The van der Waals surface area contributed by atoms with Crippen LogP contribution in [-0.4, -0.2) is 10.2 Å². The van der Waals surface area contributed by atoms with Gasteiger partial charge in [0.25, 0.3) is 0 Å². The molecule has 0 saturated heterocycles. The highest BCUT2D eigenvalue weighted by Crippen LogP contribution is 2.42. The summed E-state index contributed by atoms with van der Waals surface area (Å²) in [4.78, 5) is 0. The van der Waals surface area contributed by atoms with Crippen LogP contribution in [0, 0.1) is 0 Å². The van der Waals surface area contributed by atoms with Crippen LogP contribution in [0.3, 0.4) is 0 Å². The van der Waals surface area contributed by atoms with Gasteiger partial charge in [-0.15, -0.1) is 0 Å². The highest BCUT2D eigenvalue weighted by molar-refractivity contribution is 5.76. The molecule has 0 radical (unpaired) electrons. The van der Waals surface area contributed by atoms with Crippen LogP contribution in [0.2, 0.25) is 0 Å². The molecule has 2 nitrogen and oxygen atoms in total. The van der Waals surface area contributed by atoms with Gasteiger partial charge in [-0.3, -0.25) is 0 Å². The van der Waals surface area contributed by atoms with Crippen molar-refractivity contribution in [2.75, 3.05) is 0 Å². The fourth-order valence-electron chi connectivity index (χ4n) is 3.89. The van der Waals surface area contributed by atoms with Gasteiger partial charge in [-0.1, -0.05) is 55.4 Å². The van der Waals surface area contributed by atoms with Crippen LogP contribution >= 0.6 is 0 Å². The molecular formula is C24H34O2. The number of phenols is 2. The van der Waals surface area contributed by atoms with Crippen LogP contribution in [-0.2, 0) is 23.7 Å². The minimum absolute atomic E-state index is 0.0606. The number of phenolic OH excluding ortho intramolecular Hbond substituents is 2. The third-order valence-corrected chi connectivity index (χ3v) is 5.08. The lowest BCUT2D eigenvalue weighted by Crippen LogP contribution is -2.16. The molecule has 26 heavy (non-hydrogen) atoms. The molecule has 2 rings (SSSR count). The number of hydrogen-bond donors (Lipinski definition) is 2. The van der Waals surface area contributed by atoms with Crippen molar-refractivity contribution < 1.29 is 10.2 Å². The van der Waals surface area contributed by atoms with Gasteiger partial charge in [-0.2, -0.15) is 0 Å². The summed E-state index contributed by atoms with van der Waals surface area (Å²) in [5.74, 6) is 0.564. The number of aromatic hydroxyl groups is 2. The van der Waals surface area contributed by atoms with Crippen LogP contribution in [0.5, 0.6) is 11.5 Å². The maximum atomic E-state index is 10.4. The Hall–Kier alpha value is -1.96. The zero-order chi connectivity index (χ0) is 19.9. The fraction of sp³-hybridized carbons (Fsp3) is 0.500. The van der Waals surface area contributed by atoms with Gasteiger partial charge < -0.3 is 10.2 Å². The van der Waals surface area contributed by atoms with Crippen molar-refractivity contribution in [3.05, 3.63) is 46.5 Å². The quantitative estimate of drug-likeness (QED) is 0.662. The van der Waals surface area contributed by atoms with Crippen LogP contribution in [0.25, 0.3) is 11.1 Å². The molecule has 0 heterocycles. The zero-order valence-corrected chi connectivity index (χ0v) is 17.6. The van der Waals surface area contributed by atoms with E-state index < -0.39 is 0 Å². The van der Waals surface area contributed by atoms with Gasteiger partial charge in [-0.25, -0.2) is 0 Å². The monoisotopic (exact) mass is 354 g/mol. The van der Waals surface area contributed by atoms with Gasteiger partial charge in [0.2, 0.25) is 0 Å². The Morgan fingerprint density at radius 2 is 0.923 bits per heavy atom. The number of benzene rings is 2. The van der Waals surface area contributed by atoms with E-state index in [-0.39, 0.29) is 22.3 Å². The molecule has 0 aliphatic carbocycles. The maximum absolute atomic E-state index is 10.4. The van der Waals surface area contributed by atoms with Crippen molar-refractivity contribution in [1.29, 1.82) is 0 Å². The molecule has 0 aromatic heterocycles. The van der Waals surface area contributed by atoms with E-state index in [2.05, 4.69) is 55.4 Å². The van der Waals surface area contributed by atoms with Crippen LogP contribution in [0.1, 0.15) is 77.6 Å². The van der Waals surface area contributed by atoms with Gasteiger partial charge in [-0.05, 0) is 81.3 Å². The summed E-state index contributed by atoms with van der Waals surface area (Å²) in [6.45, 7) is 17.4. The topological polar surface area (TPSA) is 40.5 Å². The molecule has 0 unspecified atom stereocenters. The molecule has 0 atom stereocenters. The summed E-state index contributed by atoms with van der Waals surface area (Å²) < 4.78 is 0. The molecule has 0 saturated carbocycles. The third kappa shape index (κ3) is 3.90. The predicted molar refractivity (Wildman–Crippen MR) is 111 cm³/mol. The second-order valence-electron chi connectivity index (χ2n) is 9.25. The Labute approximate surface area is 158 Å². The van der Waals surface area contributed by atoms with Gasteiger partial charge in [0.1, 0.15) is 11.5 Å². The fourth-order valence-corrected chi connectivity index (χ4v) is 3.89. The second kappa shape index (κ2) is 6.98. The number of rotatable bonds is 3. The summed E-state index contributed by atoms with van der Waals surface area (Å²) in [5.41, 5.74) is 6.77. The number of hydrogen-bond acceptors (Lipinski definition) is 2. The van der Waals surface area contributed by atoms with Crippen molar-refractivity contribution in [3.8, 4) is 22.6 Å². The molecule has 0 aliphatic heterocycles. The second-order valence-corrected chi connectivity index (χ2v) is 9.25. The Bertz CT molecular complexity index is 733. The van der Waals surface area contributed by atoms with Crippen LogP contribution in [0.15, 0.2) is 24.3 Å². The first kappa shape index (κ1) is 20.4. The minimum Gasteiger partial charge on any atom is -0.508 e. The molecule has 0 bridgehead atoms. The molecule has 2 heteroatoms. The van der Waals surface area contributed by atoms with Crippen molar-refractivity contribution in [1.82, 2.24) is 0 Å². The Morgan fingerprint density at radius 3 is 1.15 bits per heavy atom. The average Bonchev–Trinajstić information content (AvgIpc) is 2.51. The van der Waals surface area contributed by atoms with E-state index in [0.29, 0.717) is 0 Å². The highest BCUT2D eigenvalue weighted by atomic mass is 16.3. The van der Waals surface area contributed by atoms with E-state index in [0.717, 1.165) is 35.1 Å². The molecule has 0 amide bonds. The SMILES string of the molecule is CCc1c(-c2cc(O)cc(C(C)(C)C)c2CC)cc(O)cc1C(C)(C)C. The van der Waals surface area contributed by atoms with Gasteiger partial charge >= 0.3 is 0 Å². The Kier molecular flexibility index (Phi) is 5.46. The molecule has 0 aliphatic rings. The molecular weight excluding hydrogens is 320 g/mol.